The summed E-state index contributed by atoms with van der Waals surface area (Å²) in [6, 6.07) is 17.0. The zero-order valence-electron chi connectivity index (χ0n) is 11.1. The van der Waals surface area contributed by atoms with Crippen LogP contribution in [0.4, 0.5) is 0 Å². The van der Waals surface area contributed by atoms with Crippen molar-refractivity contribution in [3.05, 3.63) is 65.7 Å². The number of hydrogen-bond acceptors (Lipinski definition) is 3. The van der Waals surface area contributed by atoms with E-state index in [4.69, 9.17) is 9.78 Å². The van der Waals surface area contributed by atoms with Crippen LogP contribution in [0.1, 0.15) is 28.8 Å². The minimum Gasteiger partial charge on any atom is -0.337 e. The van der Waals surface area contributed by atoms with Crippen molar-refractivity contribution in [2.45, 2.75) is 19.4 Å². The minimum absolute atomic E-state index is 0.207. The van der Waals surface area contributed by atoms with Crippen LogP contribution in [0.15, 0.2) is 54.6 Å². The van der Waals surface area contributed by atoms with E-state index in [9.17, 15) is 4.79 Å². The third-order valence-electron chi connectivity index (χ3n) is 3.29. The number of carbonyl (C=O) groups is 1. The van der Waals surface area contributed by atoms with E-state index in [1.54, 1.807) is 12.1 Å². The summed E-state index contributed by atoms with van der Waals surface area (Å²) in [6.07, 6.45) is 2.02. The van der Waals surface area contributed by atoms with E-state index < -0.39 is 0 Å². The lowest BCUT2D eigenvalue weighted by atomic mass is 10.1. The highest BCUT2D eigenvalue weighted by atomic mass is 17.2. The molecule has 0 atom stereocenters. The van der Waals surface area contributed by atoms with E-state index >= 15 is 0 Å². The van der Waals surface area contributed by atoms with Crippen LogP contribution in [-0.2, 0) is 11.5 Å². The van der Waals surface area contributed by atoms with Crippen molar-refractivity contribution in [2.75, 3.05) is 0 Å². The molecule has 102 valence electrons. The first-order chi connectivity index (χ1) is 9.83. The van der Waals surface area contributed by atoms with Gasteiger partial charge in [0.05, 0.1) is 0 Å². The Morgan fingerprint density at radius 3 is 2.60 bits per heavy atom. The van der Waals surface area contributed by atoms with Gasteiger partial charge in [-0.15, -0.1) is 0 Å². The molecule has 1 saturated carbocycles. The largest absolute Gasteiger partial charge is 0.337 e. The predicted molar refractivity (Wildman–Crippen MR) is 75.4 cm³/mol. The van der Waals surface area contributed by atoms with Gasteiger partial charge in [0.15, 0.2) is 11.5 Å². The Labute approximate surface area is 118 Å². The zero-order chi connectivity index (χ0) is 13.8. The van der Waals surface area contributed by atoms with Gasteiger partial charge in [0.1, 0.15) is 6.61 Å². The number of benzene rings is 2. The summed E-state index contributed by atoms with van der Waals surface area (Å²) in [6.45, 7) is 0.377. The Kier molecular flexibility index (Phi) is 3.79. The standard InChI is InChI=1S/C17H16O3/c18-17(14-9-10-14)15-7-4-8-16(11-15)20-19-12-13-5-2-1-3-6-13/h1-8,11,14H,9-10,12H2. The van der Waals surface area contributed by atoms with Crippen molar-refractivity contribution in [1.82, 2.24) is 0 Å². The van der Waals surface area contributed by atoms with Crippen LogP contribution in [0.3, 0.4) is 0 Å². The topological polar surface area (TPSA) is 35.5 Å². The van der Waals surface area contributed by atoms with E-state index in [2.05, 4.69) is 0 Å². The summed E-state index contributed by atoms with van der Waals surface area (Å²) in [5.41, 5.74) is 1.74. The summed E-state index contributed by atoms with van der Waals surface area (Å²) >= 11 is 0. The molecule has 1 fully saturated rings. The Hall–Kier alpha value is -2.13. The Bertz CT molecular complexity index is 588. The van der Waals surface area contributed by atoms with Crippen molar-refractivity contribution < 1.29 is 14.6 Å². The molecule has 0 amide bonds. The maximum Gasteiger partial charge on any atom is 0.166 e. The average molecular weight is 268 g/mol. The van der Waals surface area contributed by atoms with Gasteiger partial charge < -0.3 is 4.89 Å². The molecule has 0 aromatic heterocycles. The normalized spacial score (nSPS) is 14.0. The Morgan fingerprint density at radius 1 is 1.05 bits per heavy atom. The van der Waals surface area contributed by atoms with Crippen molar-refractivity contribution in [1.29, 1.82) is 0 Å². The van der Waals surface area contributed by atoms with Crippen LogP contribution in [0.25, 0.3) is 0 Å². The van der Waals surface area contributed by atoms with Gasteiger partial charge >= 0.3 is 0 Å². The molecule has 3 nitrogen and oxygen atoms in total. The molecule has 1 aliphatic rings. The highest BCUT2D eigenvalue weighted by Gasteiger charge is 2.30. The fraction of sp³-hybridized carbons (Fsp3) is 0.235. The van der Waals surface area contributed by atoms with Crippen LogP contribution in [0.2, 0.25) is 0 Å². The summed E-state index contributed by atoms with van der Waals surface area (Å²) in [7, 11) is 0. The molecule has 3 heteroatoms. The maximum absolute atomic E-state index is 12.0. The fourth-order valence-electron chi connectivity index (χ4n) is 2.02. The second-order valence-corrected chi connectivity index (χ2v) is 5.00. The highest BCUT2D eigenvalue weighted by Crippen LogP contribution is 2.33. The molecule has 0 saturated heterocycles. The van der Waals surface area contributed by atoms with E-state index in [0.717, 1.165) is 18.4 Å². The molecule has 0 heterocycles. The second-order valence-electron chi connectivity index (χ2n) is 5.00. The van der Waals surface area contributed by atoms with Crippen molar-refractivity contribution in [3.63, 3.8) is 0 Å². The highest BCUT2D eigenvalue weighted by molar-refractivity contribution is 5.99. The molecule has 20 heavy (non-hydrogen) atoms. The molecular weight excluding hydrogens is 252 g/mol. The van der Waals surface area contributed by atoms with Crippen LogP contribution >= 0.6 is 0 Å². The minimum atomic E-state index is 0.207. The molecule has 0 radical (unpaired) electrons. The van der Waals surface area contributed by atoms with Gasteiger partial charge in [-0.2, -0.15) is 4.89 Å². The number of ketones is 1. The molecular formula is C17H16O3. The number of hydrogen-bond donors (Lipinski definition) is 0. The van der Waals surface area contributed by atoms with Crippen molar-refractivity contribution in [2.24, 2.45) is 5.92 Å². The first kappa shape index (κ1) is 12.9. The lowest BCUT2D eigenvalue weighted by Crippen LogP contribution is -2.02. The molecule has 1 aliphatic carbocycles. The molecule has 2 aromatic rings. The van der Waals surface area contributed by atoms with E-state index in [0.29, 0.717) is 17.9 Å². The number of rotatable bonds is 6. The van der Waals surface area contributed by atoms with Gasteiger partial charge in [0, 0.05) is 11.5 Å². The van der Waals surface area contributed by atoms with Crippen LogP contribution in [-0.4, -0.2) is 5.78 Å². The van der Waals surface area contributed by atoms with Gasteiger partial charge in [0.2, 0.25) is 0 Å². The smallest absolute Gasteiger partial charge is 0.166 e. The van der Waals surface area contributed by atoms with Gasteiger partial charge in [-0.1, -0.05) is 42.5 Å². The lowest BCUT2D eigenvalue weighted by molar-refractivity contribution is -0.217. The Morgan fingerprint density at radius 2 is 1.85 bits per heavy atom. The third-order valence-corrected chi connectivity index (χ3v) is 3.29. The predicted octanol–water partition coefficient (Wildman–Crippen LogP) is 3.79. The van der Waals surface area contributed by atoms with Gasteiger partial charge in [-0.25, -0.2) is 0 Å². The van der Waals surface area contributed by atoms with Crippen molar-refractivity contribution in [3.8, 4) is 5.75 Å². The summed E-state index contributed by atoms with van der Waals surface area (Å²) in [5.74, 6) is 0.987. The maximum atomic E-state index is 12.0. The van der Waals surface area contributed by atoms with E-state index in [1.165, 1.54) is 0 Å². The van der Waals surface area contributed by atoms with Gasteiger partial charge in [0.25, 0.3) is 0 Å². The second kappa shape index (κ2) is 5.88. The van der Waals surface area contributed by atoms with Crippen molar-refractivity contribution >= 4 is 5.78 Å². The first-order valence-electron chi connectivity index (χ1n) is 6.80. The van der Waals surface area contributed by atoms with Gasteiger partial charge in [-0.3, -0.25) is 4.79 Å². The molecule has 2 aromatic carbocycles. The molecule has 0 aliphatic heterocycles. The lowest BCUT2D eigenvalue weighted by Gasteiger charge is -2.06. The number of Topliss-reactive ketones (excluding diaryl/α,β-unsaturated/α-hetero) is 1. The molecule has 3 rings (SSSR count). The fourth-order valence-corrected chi connectivity index (χ4v) is 2.02. The monoisotopic (exact) mass is 268 g/mol. The van der Waals surface area contributed by atoms with E-state index in [-0.39, 0.29) is 11.7 Å². The molecule has 0 N–H and O–H groups in total. The molecule has 0 spiro atoms. The van der Waals surface area contributed by atoms with Crippen LogP contribution in [0, 0.1) is 5.92 Å². The van der Waals surface area contributed by atoms with Gasteiger partial charge in [-0.05, 0) is 30.5 Å². The Balaban J connectivity index is 1.57. The summed E-state index contributed by atoms with van der Waals surface area (Å²) in [5, 5.41) is 0. The van der Waals surface area contributed by atoms with E-state index in [1.807, 2.05) is 42.5 Å². The molecule has 0 bridgehead atoms. The van der Waals surface area contributed by atoms with Crippen LogP contribution in [0.5, 0.6) is 5.75 Å². The average Bonchev–Trinajstić information content (AvgIpc) is 3.33. The number of carbonyl (C=O) groups excluding carboxylic acids is 1. The molecule has 0 unspecified atom stereocenters. The van der Waals surface area contributed by atoms with Crippen LogP contribution < -0.4 is 4.89 Å². The SMILES string of the molecule is O=C(c1cccc(OOCc2ccccc2)c1)C1CC1. The summed E-state index contributed by atoms with van der Waals surface area (Å²) in [4.78, 5) is 22.4. The summed E-state index contributed by atoms with van der Waals surface area (Å²) < 4.78 is 0. The first-order valence-corrected chi connectivity index (χ1v) is 6.80. The third kappa shape index (κ3) is 3.25. The zero-order valence-corrected chi connectivity index (χ0v) is 11.1. The quantitative estimate of drug-likeness (QED) is 0.454.